The Hall–Kier alpha value is -2.45. The molecule has 20 heavy (non-hydrogen) atoms. The second-order valence-corrected chi connectivity index (χ2v) is 5.04. The van der Waals surface area contributed by atoms with E-state index in [9.17, 15) is 0 Å². The Balaban J connectivity index is 2.11. The fourth-order valence-electron chi connectivity index (χ4n) is 2.24. The number of nitrogens with one attached hydrogen (secondary N) is 1. The van der Waals surface area contributed by atoms with Gasteiger partial charge in [-0.25, -0.2) is 4.98 Å². The summed E-state index contributed by atoms with van der Waals surface area (Å²) in [6, 6.07) is 11.6. The van der Waals surface area contributed by atoms with Crippen molar-refractivity contribution in [3.05, 3.63) is 58.0 Å². The number of benzene rings is 1. The van der Waals surface area contributed by atoms with Crippen LogP contribution in [0.4, 0.5) is 0 Å². The number of nitriles is 1. The van der Waals surface area contributed by atoms with Crippen molar-refractivity contribution in [2.45, 2.75) is 13.5 Å². The second-order valence-electron chi connectivity index (χ2n) is 4.65. The lowest BCUT2D eigenvalue weighted by molar-refractivity contribution is 0.800. The number of imidazole rings is 1. The number of hydrogen-bond donors (Lipinski definition) is 1. The highest BCUT2D eigenvalue weighted by Gasteiger charge is 2.08. The normalized spacial score (nSPS) is 10.6. The monoisotopic (exact) mass is 280 g/mol. The predicted octanol–water partition coefficient (Wildman–Crippen LogP) is 3.32. The van der Waals surface area contributed by atoms with Gasteiger partial charge in [-0.1, -0.05) is 12.1 Å². The highest BCUT2D eigenvalue weighted by Crippen LogP contribution is 2.17. The van der Waals surface area contributed by atoms with E-state index in [-0.39, 0.29) is 0 Å². The number of aromatic nitrogens is 3. The molecule has 3 aromatic rings. The van der Waals surface area contributed by atoms with Gasteiger partial charge >= 0.3 is 0 Å². The zero-order chi connectivity index (χ0) is 14.1. The number of rotatable bonds is 2. The van der Waals surface area contributed by atoms with E-state index in [2.05, 4.69) is 16.0 Å². The molecule has 2 aromatic heterocycles. The van der Waals surface area contributed by atoms with Crippen LogP contribution in [0.2, 0.25) is 0 Å². The van der Waals surface area contributed by atoms with Gasteiger partial charge in [-0.15, -0.1) is 0 Å². The van der Waals surface area contributed by atoms with Gasteiger partial charge in [0.1, 0.15) is 0 Å². The molecule has 0 aliphatic heterocycles. The average Bonchev–Trinajstić information content (AvgIpc) is 2.78. The first-order chi connectivity index (χ1) is 9.69. The van der Waals surface area contributed by atoms with E-state index in [1.165, 1.54) is 0 Å². The molecule has 0 fully saturated rings. The number of nitrogens with zero attached hydrogens (tertiary/aromatic N) is 3. The van der Waals surface area contributed by atoms with Crippen LogP contribution in [0.1, 0.15) is 16.7 Å². The Labute approximate surface area is 121 Å². The molecule has 0 aliphatic carbocycles. The van der Waals surface area contributed by atoms with E-state index in [4.69, 9.17) is 17.5 Å². The minimum Gasteiger partial charge on any atom is -0.329 e. The molecule has 0 bridgehead atoms. The molecule has 0 atom stereocenters. The van der Waals surface area contributed by atoms with Crippen molar-refractivity contribution in [2.75, 3.05) is 0 Å². The van der Waals surface area contributed by atoms with E-state index < -0.39 is 0 Å². The van der Waals surface area contributed by atoms with Crippen LogP contribution >= 0.6 is 12.2 Å². The van der Waals surface area contributed by atoms with Gasteiger partial charge in [-0.05, 0) is 48.5 Å². The minimum absolute atomic E-state index is 0.602. The Morgan fingerprint density at radius 1 is 1.40 bits per heavy atom. The summed E-state index contributed by atoms with van der Waals surface area (Å²) in [4.78, 5) is 7.60. The number of fused-ring (bicyclic) bond motifs is 1. The summed E-state index contributed by atoms with van der Waals surface area (Å²) in [5, 5.41) is 8.95. The number of hydrogen-bond acceptors (Lipinski definition) is 3. The SMILES string of the molecule is Cc1ccnc2c1[nH]c(=S)n2Cc1cccc(C#N)c1. The third-order valence-electron chi connectivity index (χ3n) is 3.27. The van der Waals surface area contributed by atoms with Crippen molar-refractivity contribution in [1.29, 1.82) is 5.26 Å². The first kappa shape index (κ1) is 12.6. The predicted molar refractivity (Wildman–Crippen MR) is 79.9 cm³/mol. The molecule has 98 valence electrons. The van der Waals surface area contributed by atoms with Crippen molar-refractivity contribution < 1.29 is 0 Å². The van der Waals surface area contributed by atoms with Crippen molar-refractivity contribution in [3.63, 3.8) is 0 Å². The van der Waals surface area contributed by atoms with Crippen molar-refractivity contribution in [2.24, 2.45) is 0 Å². The maximum absolute atomic E-state index is 8.95. The Bertz CT molecular complexity index is 883. The van der Waals surface area contributed by atoms with Crippen LogP contribution in [0.25, 0.3) is 11.2 Å². The lowest BCUT2D eigenvalue weighted by atomic mass is 10.1. The summed E-state index contributed by atoms with van der Waals surface area (Å²) in [5.74, 6) is 0. The molecule has 0 radical (unpaired) electrons. The fourth-order valence-corrected chi connectivity index (χ4v) is 2.50. The lowest BCUT2D eigenvalue weighted by Crippen LogP contribution is -2.01. The van der Waals surface area contributed by atoms with Crippen LogP contribution in [0.3, 0.4) is 0 Å². The minimum atomic E-state index is 0.602. The Kier molecular flexibility index (Phi) is 3.09. The molecule has 0 aliphatic rings. The third kappa shape index (κ3) is 2.10. The third-order valence-corrected chi connectivity index (χ3v) is 3.59. The molecular weight excluding hydrogens is 268 g/mol. The number of aryl methyl sites for hydroxylation is 1. The van der Waals surface area contributed by atoms with Crippen LogP contribution in [0.5, 0.6) is 0 Å². The van der Waals surface area contributed by atoms with Gasteiger partial charge in [0.25, 0.3) is 0 Å². The van der Waals surface area contributed by atoms with E-state index >= 15 is 0 Å². The van der Waals surface area contributed by atoms with E-state index in [1.54, 1.807) is 12.3 Å². The highest BCUT2D eigenvalue weighted by atomic mass is 32.1. The summed E-state index contributed by atoms with van der Waals surface area (Å²) < 4.78 is 2.60. The molecule has 0 spiro atoms. The van der Waals surface area contributed by atoms with Crippen LogP contribution < -0.4 is 0 Å². The van der Waals surface area contributed by atoms with Crippen LogP contribution in [0.15, 0.2) is 36.5 Å². The molecule has 5 heteroatoms. The first-order valence-electron chi connectivity index (χ1n) is 6.22. The molecule has 0 amide bonds. The van der Waals surface area contributed by atoms with Crippen LogP contribution in [-0.4, -0.2) is 14.5 Å². The Morgan fingerprint density at radius 3 is 3.05 bits per heavy atom. The largest absolute Gasteiger partial charge is 0.329 e. The van der Waals surface area contributed by atoms with Gasteiger partial charge in [-0.3, -0.25) is 4.57 Å². The van der Waals surface area contributed by atoms with E-state index in [0.717, 1.165) is 22.3 Å². The number of pyridine rings is 1. The quantitative estimate of drug-likeness (QED) is 0.733. The zero-order valence-corrected chi connectivity index (χ0v) is 11.7. The molecule has 0 saturated heterocycles. The summed E-state index contributed by atoms with van der Waals surface area (Å²) in [6.45, 7) is 2.63. The zero-order valence-electron chi connectivity index (χ0n) is 10.9. The van der Waals surface area contributed by atoms with Gasteiger partial charge in [0.15, 0.2) is 10.4 Å². The molecule has 3 rings (SSSR count). The first-order valence-corrected chi connectivity index (χ1v) is 6.63. The summed E-state index contributed by atoms with van der Waals surface area (Å²) in [7, 11) is 0. The van der Waals surface area contributed by atoms with E-state index in [0.29, 0.717) is 16.9 Å². The standard InChI is InChI=1S/C15H12N4S/c1-10-5-6-17-14-13(10)18-15(20)19(14)9-12-4-2-3-11(7-12)8-16/h2-7H,9H2,1H3,(H,18,20). The van der Waals surface area contributed by atoms with Gasteiger partial charge < -0.3 is 4.98 Å². The highest BCUT2D eigenvalue weighted by molar-refractivity contribution is 7.71. The fraction of sp³-hybridized carbons (Fsp3) is 0.133. The number of H-pyrrole nitrogens is 1. The summed E-state index contributed by atoms with van der Waals surface area (Å²) in [6.07, 6.45) is 1.78. The topological polar surface area (TPSA) is 57.4 Å². The molecule has 0 saturated carbocycles. The maximum atomic E-state index is 8.95. The lowest BCUT2D eigenvalue weighted by Gasteiger charge is -2.04. The maximum Gasteiger partial charge on any atom is 0.179 e. The van der Waals surface area contributed by atoms with Gasteiger partial charge in [0.05, 0.1) is 23.7 Å². The van der Waals surface area contributed by atoms with Gasteiger partial charge in [-0.2, -0.15) is 5.26 Å². The summed E-state index contributed by atoms with van der Waals surface area (Å²) >= 11 is 5.38. The smallest absolute Gasteiger partial charge is 0.179 e. The van der Waals surface area contributed by atoms with Gasteiger partial charge in [0.2, 0.25) is 0 Å². The average molecular weight is 280 g/mol. The van der Waals surface area contributed by atoms with E-state index in [1.807, 2.05) is 35.8 Å². The van der Waals surface area contributed by atoms with Crippen LogP contribution in [-0.2, 0) is 6.54 Å². The summed E-state index contributed by atoms with van der Waals surface area (Å²) in [5.41, 5.74) is 4.61. The molecule has 0 unspecified atom stereocenters. The molecular formula is C15H12N4S. The molecule has 2 heterocycles. The van der Waals surface area contributed by atoms with Crippen molar-refractivity contribution in [1.82, 2.24) is 14.5 Å². The molecule has 1 N–H and O–H groups in total. The Morgan fingerprint density at radius 2 is 2.25 bits per heavy atom. The number of aromatic amines is 1. The van der Waals surface area contributed by atoms with Gasteiger partial charge in [0, 0.05) is 6.20 Å². The van der Waals surface area contributed by atoms with Crippen molar-refractivity contribution in [3.8, 4) is 6.07 Å². The van der Waals surface area contributed by atoms with Crippen LogP contribution in [0, 0.1) is 23.0 Å². The van der Waals surface area contributed by atoms with Crippen molar-refractivity contribution >= 4 is 23.4 Å². The second kappa shape index (κ2) is 4.91. The molecule has 1 aromatic carbocycles. The molecule has 4 nitrogen and oxygen atoms in total.